The number of nitrogens with zero attached hydrogens (tertiary/aromatic N) is 1. The van der Waals surface area contributed by atoms with Crippen molar-refractivity contribution >= 4 is 21.6 Å². The number of anilines is 1. The van der Waals surface area contributed by atoms with Crippen molar-refractivity contribution in [1.29, 1.82) is 0 Å². The van der Waals surface area contributed by atoms with Crippen LogP contribution in [0.2, 0.25) is 0 Å². The molecule has 29 heavy (non-hydrogen) atoms. The predicted octanol–water partition coefficient (Wildman–Crippen LogP) is 4.36. The lowest BCUT2D eigenvalue weighted by molar-refractivity contribution is -0.122. The minimum atomic E-state index is -3.65. The van der Waals surface area contributed by atoms with E-state index in [1.165, 1.54) is 4.31 Å². The molecular weight excluding hydrogens is 384 g/mol. The summed E-state index contributed by atoms with van der Waals surface area (Å²) in [5.74, 6) is 0.0617. The third-order valence-electron chi connectivity index (χ3n) is 4.92. The van der Waals surface area contributed by atoms with Crippen LogP contribution in [0, 0.1) is 19.8 Å². The van der Waals surface area contributed by atoms with Gasteiger partial charge in [0, 0.05) is 0 Å². The predicted molar refractivity (Wildman–Crippen MR) is 119 cm³/mol. The monoisotopic (exact) mass is 416 g/mol. The van der Waals surface area contributed by atoms with Crippen LogP contribution in [0.5, 0.6) is 0 Å². The first-order valence-corrected chi connectivity index (χ1v) is 11.8. The zero-order chi connectivity index (χ0) is 21.8. The van der Waals surface area contributed by atoms with Crippen LogP contribution >= 0.6 is 0 Å². The van der Waals surface area contributed by atoms with Gasteiger partial charge in [0.25, 0.3) is 0 Å². The Bertz CT molecular complexity index is 940. The standard InChI is InChI=1S/C23H32N2O3S/c1-16(2)14-21(20-10-8-7-9-11-20)24-23(26)19(5)25(29(6,27)28)22-15-17(3)12-13-18(22)4/h7-13,15-16,19,21H,14H2,1-6H3,(H,24,26)/t19-,21-/m1/s1. The highest BCUT2D eigenvalue weighted by molar-refractivity contribution is 7.92. The summed E-state index contributed by atoms with van der Waals surface area (Å²) < 4.78 is 26.5. The van der Waals surface area contributed by atoms with Gasteiger partial charge in [0.15, 0.2) is 0 Å². The molecule has 0 aliphatic heterocycles. The molecule has 0 saturated carbocycles. The summed E-state index contributed by atoms with van der Waals surface area (Å²) in [6.07, 6.45) is 1.91. The van der Waals surface area contributed by atoms with Gasteiger partial charge in [-0.3, -0.25) is 9.10 Å². The van der Waals surface area contributed by atoms with Crippen LogP contribution in [0.25, 0.3) is 0 Å². The van der Waals surface area contributed by atoms with Crippen molar-refractivity contribution in [3.63, 3.8) is 0 Å². The van der Waals surface area contributed by atoms with Crippen molar-refractivity contribution in [2.24, 2.45) is 5.92 Å². The molecule has 5 nitrogen and oxygen atoms in total. The number of nitrogens with one attached hydrogen (secondary N) is 1. The average molecular weight is 417 g/mol. The smallest absolute Gasteiger partial charge is 0.244 e. The second kappa shape index (κ2) is 9.44. The Balaban J connectivity index is 2.36. The number of amides is 1. The van der Waals surface area contributed by atoms with Crippen molar-refractivity contribution < 1.29 is 13.2 Å². The number of hydrogen-bond donors (Lipinski definition) is 1. The number of rotatable bonds is 8. The fraction of sp³-hybridized carbons (Fsp3) is 0.435. The van der Waals surface area contributed by atoms with Crippen LogP contribution in [-0.2, 0) is 14.8 Å². The Morgan fingerprint density at radius 2 is 1.66 bits per heavy atom. The third-order valence-corrected chi connectivity index (χ3v) is 6.14. The van der Waals surface area contributed by atoms with E-state index in [4.69, 9.17) is 0 Å². The second-order valence-corrected chi connectivity index (χ2v) is 9.99. The molecule has 0 saturated heterocycles. The normalized spacial score (nSPS) is 13.8. The van der Waals surface area contributed by atoms with E-state index in [1.807, 2.05) is 62.4 Å². The molecule has 0 aliphatic rings. The molecule has 2 atom stereocenters. The number of aryl methyl sites for hydroxylation is 2. The highest BCUT2D eigenvalue weighted by Gasteiger charge is 2.31. The summed E-state index contributed by atoms with van der Waals surface area (Å²) in [6, 6.07) is 14.4. The molecule has 0 heterocycles. The van der Waals surface area contributed by atoms with Crippen LogP contribution < -0.4 is 9.62 Å². The molecule has 0 unspecified atom stereocenters. The zero-order valence-electron chi connectivity index (χ0n) is 18.1. The van der Waals surface area contributed by atoms with Crippen LogP contribution in [0.15, 0.2) is 48.5 Å². The molecule has 0 aromatic heterocycles. The second-order valence-electron chi connectivity index (χ2n) is 8.13. The Morgan fingerprint density at radius 1 is 1.03 bits per heavy atom. The van der Waals surface area contributed by atoms with Gasteiger partial charge >= 0.3 is 0 Å². The summed E-state index contributed by atoms with van der Waals surface area (Å²) >= 11 is 0. The van der Waals surface area contributed by atoms with E-state index in [-0.39, 0.29) is 11.9 Å². The molecule has 2 rings (SSSR count). The van der Waals surface area contributed by atoms with Crippen LogP contribution in [0.1, 0.15) is 49.9 Å². The van der Waals surface area contributed by atoms with Gasteiger partial charge in [-0.25, -0.2) is 8.42 Å². The first-order chi connectivity index (χ1) is 13.5. The SMILES string of the molecule is Cc1ccc(C)c(N([C@H](C)C(=O)N[C@H](CC(C)C)c2ccccc2)S(C)(=O)=O)c1. The first kappa shape index (κ1) is 22.9. The number of carbonyl (C=O) groups excluding carboxylic acids is 1. The molecule has 0 fully saturated rings. The average Bonchev–Trinajstić information content (AvgIpc) is 2.63. The summed E-state index contributed by atoms with van der Waals surface area (Å²) in [5.41, 5.74) is 3.30. The van der Waals surface area contributed by atoms with Gasteiger partial charge < -0.3 is 5.32 Å². The quantitative estimate of drug-likeness (QED) is 0.695. The fourth-order valence-corrected chi connectivity index (χ4v) is 4.69. The summed E-state index contributed by atoms with van der Waals surface area (Å²) in [7, 11) is -3.65. The molecule has 2 aromatic carbocycles. The molecular formula is C23H32N2O3S. The van der Waals surface area contributed by atoms with Gasteiger partial charge in [0.1, 0.15) is 6.04 Å². The van der Waals surface area contributed by atoms with Crippen molar-refractivity contribution in [3.8, 4) is 0 Å². The molecule has 1 amide bonds. The van der Waals surface area contributed by atoms with E-state index in [9.17, 15) is 13.2 Å². The lowest BCUT2D eigenvalue weighted by Crippen LogP contribution is -2.49. The number of hydrogen-bond acceptors (Lipinski definition) is 3. The molecule has 0 bridgehead atoms. The number of sulfonamides is 1. The molecule has 0 spiro atoms. The Kier molecular flexibility index (Phi) is 7.47. The van der Waals surface area contributed by atoms with Crippen molar-refractivity contribution in [3.05, 3.63) is 65.2 Å². The van der Waals surface area contributed by atoms with Crippen LogP contribution in [-0.4, -0.2) is 26.6 Å². The van der Waals surface area contributed by atoms with Crippen molar-refractivity contribution in [1.82, 2.24) is 5.32 Å². The molecule has 0 radical (unpaired) electrons. The minimum absolute atomic E-state index is 0.175. The van der Waals surface area contributed by atoms with Crippen LogP contribution in [0.3, 0.4) is 0 Å². The van der Waals surface area contributed by atoms with Gasteiger partial charge in [-0.2, -0.15) is 0 Å². The maximum Gasteiger partial charge on any atom is 0.244 e. The summed E-state index contributed by atoms with van der Waals surface area (Å²) in [6.45, 7) is 9.59. The van der Waals surface area contributed by atoms with E-state index < -0.39 is 16.1 Å². The third kappa shape index (κ3) is 6.07. The van der Waals surface area contributed by atoms with Gasteiger partial charge in [-0.05, 0) is 55.9 Å². The van der Waals surface area contributed by atoms with Gasteiger partial charge in [-0.15, -0.1) is 0 Å². The highest BCUT2D eigenvalue weighted by atomic mass is 32.2. The lowest BCUT2D eigenvalue weighted by atomic mass is 9.96. The van der Waals surface area contributed by atoms with E-state index in [2.05, 4.69) is 19.2 Å². The van der Waals surface area contributed by atoms with E-state index in [1.54, 1.807) is 6.92 Å². The zero-order valence-corrected chi connectivity index (χ0v) is 19.0. The molecule has 158 valence electrons. The van der Waals surface area contributed by atoms with Crippen molar-refractivity contribution in [2.75, 3.05) is 10.6 Å². The maximum atomic E-state index is 13.1. The summed E-state index contributed by atoms with van der Waals surface area (Å²) in [4.78, 5) is 13.1. The van der Waals surface area contributed by atoms with E-state index in [0.717, 1.165) is 29.4 Å². The maximum absolute atomic E-state index is 13.1. The molecule has 2 aromatic rings. The minimum Gasteiger partial charge on any atom is -0.347 e. The Hall–Kier alpha value is -2.34. The van der Waals surface area contributed by atoms with Gasteiger partial charge in [0.2, 0.25) is 15.9 Å². The lowest BCUT2D eigenvalue weighted by Gasteiger charge is -2.31. The van der Waals surface area contributed by atoms with Gasteiger partial charge in [0.05, 0.1) is 18.0 Å². The number of benzene rings is 2. The Morgan fingerprint density at radius 3 is 2.21 bits per heavy atom. The number of carbonyl (C=O) groups is 1. The molecule has 6 heteroatoms. The van der Waals surface area contributed by atoms with Crippen molar-refractivity contribution in [2.45, 2.75) is 53.1 Å². The van der Waals surface area contributed by atoms with Gasteiger partial charge in [-0.1, -0.05) is 56.3 Å². The molecule has 1 N–H and O–H groups in total. The highest BCUT2D eigenvalue weighted by Crippen LogP contribution is 2.27. The summed E-state index contributed by atoms with van der Waals surface area (Å²) in [5, 5.41) is 3.08. The largest absolute Gasteiger partial charge is 0.347 e. The van der Waals surface area contributed by atoms with Crippen LogP contribution in [0.4, 0.5) is 5.69 Å². The Labute approximate surface area is 175 Å². The van der Waals surface area contributed by atoms with E-state index >= 15 is 0 Å². The first-order valence-electron chi connectivity index (χ1n) is 9.92. The molecule has 0 aliphatic carbocycles. The fourth-order valence-electron chi connectivity index (χ4n) is 3.47. The topological polar surface area (TPSA) is 66.5 Å². The van der Waals surface area contributed by atoms with E-state index in [0.29, 0.717) is 11.6 Å².